The van der Waals surface area contributed by atoms with Crippen LogP contribution in [0.15, 0.2) is 36.7 Å². The molecule has 0 aliphatic carbocycles. The standard InChI is InChI=1S/C45H65FN6O10/c1-11-34-38-35(52(43(57)61-38)19-15-14-18-51-24-30(48-49-51)21-29-23-47-32-17-13-12-16-31(29)32)27(4)36(53)25(2)22-44(6,58-10)40(28(5)39(55)45(7,46)42(56)60-34)62-41-37(54)33(50(8)9)20-26(3)59-41/h12-13,16-17,23-28,33-35,37-38,40-41,47,54H,11,14-15,18-22H2,1-10H3/t25-,26-,27-,28+,33+,34-,35-,37-,38?,40-,41+,44+,45+/m1/s1. The number of likely N-dealkylation sites (N-methyl/N-ethyl adjacent to an activating group) is 1. The van der Waals surface area contributed by atoms with Crippen LogP contribution in [-0.4, -0.2) is 146 Å². The minimum Gasteiger partial charge on any atom is -0.456 e. The molecule has 6 rings (SSSR count). The first kappa shape index (κ1) is 47.2. The van der Waals surface area contributed by atoms with E-state index in [1.807, 2.05) is 56.5 Å². The van der Waals surface area contributed by atoms with Gasteiger partial charge in [-0.2, -0.15) is 0 Å². The highest BCUT2D eigenvalue weighted by molar-refractivity contribution is 6.08. The van der Waals surface area contributed by atoms with E-state index in [4.69, 9.17) is 23.7 Å². The van der Waals surface area contributed by atoms with Crippen LogP contribution in [0.3, 0.4) is 0 Å². The number of amides is 1. The van der Waals surface area contributed by atoms with E-state index in [2.05, 4.69) is 21.4 Å². The maximum Gasteiger partial charge on any atom is 0.410 e. The van der Waals surface area contributed by atoms with Crippen molar-refractivity contribution in [2.24, 2.45) is 17.8 Å². The summed E-state index contributed by atoms with van der Waals surface area (Å²) in [4.78, 5) is 63.0. The Bertz CT molecular complexity index is 2060. The molecule has 1 aromatic carbocycles. The Morgan fingerprint density at radius 3 is 2.44 bits per heavy atom. The van der Waals surface area contributed by atoms with Crippen LogP contribution in [0.25, 0.3) is 10.9 Å². The number of aromatic amines is 1. The van der Waals surface area contributed by atoms with Gasteiger partial charge >= 0.3 is 12.1 Å². The van der Waals surface area contributed by atoms with Gasteiger partial charge in [-0.1, -0.05) is 51.1 Å². The summed E-state index contributed by atoms with van der Waals surface area (Å²) in [5.74, 6) is -5.74. The number of ketones is 2. The topological polar surface area (TPSA) is 188 Å². The molecule has 62 heavy (non-hydrogen) atoms. The molecule has 342 valence electrons. The smallest absolute Gasteiger partial charge is 0.410 e. The number of fused-ring (bicyclic) bond motifs is 2. The zero-order valence-corrected chi connectivity index (χ0v) is 37.7. The Morgan fingerprint density at radius 1 is 1.03 bits per heavy atom. The molecule has 1 amide bonds. The van der Waals surface area contributed by atoms with Gasteiger partial charge in [0.15, 0.2) is 18.2 Å². The average molecular weight is 869 g/mol. The van der Waals surface area contributed by atoms with Crippen LogP contribution in [-0.2, 0) is 51.0 Å². The lowest BCUT2D eigenvalue weighted by Gasteiger charge is -2.47. The number of hydrogen-bond acceptors (Lipinski definition) is 13. The fourth-order valence-electron chi connectivity index (χ4n) is 9.73. The molecule has 3 aliphatic rings. The second-order valence-corrected chi connectivity index (χ2v) is 18.2. The number of para-hydroxylation sites is 1. The van der Waals surface area contributed by atoms with Gasteiger partial charge in [-0.15, -0.1) is 5.10 Å². The number of methoxy groups -OCH3 is 1. The van der Waals surface area contributed by atoms with E-state index >= 15 is 4.39 Å². The van der Waals surface area contributed by atoms with Crippen molar-refractivity contribution in [1.82, 2.24) is 29.8 Å². The van der Waals surface area contributed by atoms with Crippen LogP contribution in [0.4, 0.5) is 9.18 Å². The van der Waals surface area contributed by atoms with Crippen LogP contribution < -0.4 is 0 Å². The zero-order chi connectivity index (χ0) is 45.3. The van der Waals surface area contributed by atoms with E-state index in [1.54, 1.807) is 32.4 Å². The molecule has 3 aromatic rings. The van der Waals surface area contributed by atoms with Crippen molar-refractivity contribution in [1.29, 1.82) is 0 Å². The van der Waals surface area contributed by atoms with Crippen molar-refractivity contribution in [2.45, 2.75) is 154 Å². The summed E-state index contributed by atoms with van der Waals surface area (Å²) < 4.78 is 48.9. The Labute approximate surface area is 363 Å². The zero-order valence-electron chi connectivity index (χ0n) is 37.7. The molecule has 16 nitrogen and oxygen atoms in total. The maximum absolute atomic E-state index is 16.8. The van der Waals surface area contributed by atoms with Gasteiger partial charge in [-0.05, 0) is 78.6 Å². The molecule has 2 N–H and O–H groups in total. The van der Waals surface area contributed by atoms with Gasteiger partial charge in [-0.25, -0.2) is 14.0 Å². The molecule has 5 heterocycles. The number of ether oxygens (including phenoxy) is 5. The summed E-state index contributed by atoms with van der Waals surface area (Å²) in [5.41, 5.74) is -1.63. The predicted octanol–water partition coefficient (Wildman–Crippen LogP) is 5.04. The van der Waals surface area contributed by atoms with Crippen LogP contribution in [0.2, 0.25) is 0 Å². The maximum atomic E-state index is 16.8. The number of aromatic nitrogens is 4. The second-order valence-electron chi connectivity index (χ2n) is 18.2. The lowest BCUT2D eigenvalue weighted by Crippen LogP contribution is -2.60. The monoisotopic (exact) mass is 868 g/mol. The van der Waals surface area contributed by atoms with Crippen molar-refractivity contribution >= 4 is 34.5 Å². The van der Waals surface area contributed by atoms with Gasteiger partial charge in [0, 0.05) is 73.7 Å². The third kappa shape index (κ3) is 9.61. The normalized spacial score (nSPS) is 35.2. The molecule has 3 fully saturated rings. The van der Waals surface area contributed by atoms with Crippen LogP contribution in [0.5, 0.6) is 0 Å². The highest BCUT2D eigenvalue weighted by Crippen LogP contribution is 2.40. The number of rotatable bonds is 12. The summed E-state index contributed by atoms with van der Waals surface area (Å²) in [6.07, 6.45) is -0.807. The minimum atomic E-state index is -3.17. The molecule has 0 radical (unpaired) electrons. The predicted molar refractivity (Wildman–Crippen MR) is 226 cm³/mol. The number of nitrogens with zero attached hydrogens (tertiary/aromatic N) is 5. The largest absolute Gasteiger partial charge is 0.456 e. The lowest BCUT2D eigenvalue weighted by atomic mass is 9.75. The Kier molecular flexibility index (Phi) is 14.6. The summed E-state index contributed by atoms with van der Waals surface area (Å²) in [5, 5.41) is 21.2. The first-order valence-corrected chi connectivity index (χ1v) is 21.9. The molecule has 3 aliphatic heterocycles. The number of nitrogens with one attached hydrogen (secondary N) is 1. The number of aliphatic hydroxyl groups excluding tert-OH is 1. The van der Waals surface area contributed by atoms with Crippen molar-refractivity contribution in [2.75, 3.05) is 27.7 Å². The third-order valence-electron chi connectivity index (χ3n) is 13.4. The Morgan fingerprint density at radius 2 is 1.74 bits per heavy atom. The molecule has 1 unspecified atom stereocenters. The fourth-order valence-corrected chi connectivity index (χ4v) is 9.73. The highest BCUT2D eigenvalue weighted by Gasteiger charge is 2.57. The van der Waals surface area contributed by atoms with E-state index in [1.165, 1.54) is 18.9 Å². The van der Waals surface area contributed by atoms with Crippen molar-refractivity contribution < 1.29 is 52.4 Å². The van der Waals surface area contributed by atoms with Crippen LogP contribution in [0.1, 0.15) is 91.8 Å². The molecule has 13 atom stereocenters. The van der Waals surface area contributed by atoms with Crippen molar-refractivity contribution in [3.63, 3.8) is 0 Å². The molecule has 3 saturated heterocycles. The summed E-state index contributed by atoms with van der Waals surface area (Å²) in [7, 11) is 5.05. The van der Waals surface area contributed by atoms with E-state index in [0.717, 1.165) is 29.1 Å². The number of unbranched alkanes of at least 4 members (excludes halogenated alkanes) is 1. The number of cyclic esters (lactones) is 1. The Balaban J connectivity index is 1.23. The number of hydrogen-bond donors (Lipinski definition) is 2. The van der Waals surface area contributed by atoms with Crippen LogP contribution >= 0.6 is 0 Å². The number of aryl methyl sites for hydroxylation is 1. The van der Waals surface area contributed by atoms with Crippen LogP contribution in [0, 0.1) is 17.8 Å². The number of halogens is 1. The van der Waals surface area contributed by atoms with Gasteiger partial charge in [0.25, 0.3) is 5.67 Å². The Hall–Kier alpha value is -4.29. The van der Waals surface area contributed by atoms with E-state index in [-0.39, 0.29) is 37.3 Å². The van der Waals surface area contributed by atoms with Crippen molar-refractivity contribution in [3.05, 3.63) is 47.9 Å². The highest BCUT2D eigenvalue weighted by atomic mass is 19.1. The molecule has 0 bridgehead atoms. The van der Waals surface area contributed by atoms with Gasteiger partial charge in [0.1, 0.15) is 18.0 Å². The number of aliphatic hydroxyl groups is 1. The summed E-state index contributed by atoms with van der Waals surface area (Å²) in [6.45, 7) is 11.7. The van der Waals surface area contributed by atoms with Gasteiger partial charge < -0.3 is 43.6 Å². The minimum absolute atomic E-state index is 0.00147. The number of benzene rings is 1. The number of carbonyl (C=O) groups is 4. The average Bonchev–Trinajstić information content (AvgIpc) is 3.96. The SMILES string of the molecule is CC[C@H]1OC(=O)[C@@](C)(F)C(=O)[C@H](C)[C@@H](O[C@@H]2O[C@H](C)C[C@H](N(C)C)[C@H]2O)[C@@](C)(OC)C[C@@H](C)C(=O)[C@H](C)[C@@H]2C1OC(=O)N2CCCCn1cc(Cc2c[nH]c3ccccc23)nn1. The molecular formula is C45H65FN6O10. The number of esters is 1. The molecule has 0 spiro atoms. The van der Waals surface area contributed by atoms with E-state index in [9.17, 15) is 24.3 Å². The summed E-state index contributed by atoms with van der Waals surface area (Å²) in [6, 6.07) is 6.82. The first-order chi connectivity index (χ1) is 29.3. The molecule has 2 aromatic heterocycles. The quantitative estimate of drug-likeness (QED) is 0.140. The molecular weight excluding hydrogens is 804 g/mol. The van der Waals surface area contributed by atoms with Crippen molar-refractivity contribution in [3.8, 4) is 0 Å². The first-order valence-electron chi connectivity index (χ1n) is 21.9. The number of Topliss-reactive ketones (excluding diaryl/α,β-unsaturated/α-hetero) is 2. The number of alkyl halides is 1. The second kappa shape index (κ2) is 19.2. The fraction of sp³-hybridized carbons (Fsp3) is 0.689. The molecule has 0 saturated carbocycles. The lowest BCUT2D eigenvalue weighted by molar-refractivity contribution is -0.295. The van der Waals surface area contributed by atoms with Gasteiger partial charge in [0.05, 0.1) is 29.5 Å². The third-order valence-corrected chi connectivity index (χ3v) is 13.4. The van der Waals surface area contributed by atoms with Gasteiger partial charge in [-0.3, -0.25) is 14.3 Å². The molecule has 17 heteroatoms. The summed E-state index contributed by atoms with van der Waals surface area (Å²) >= 11 is 0. The number of carbonyl (C=O) groups excluding carboxylic acids is 4. The number of H-pyrrole nitrogens is 1. The van der Waals surface area contributed by atoms with E-state index in [0.29, 0.717) is 32.2 Å². The van der Waals surface area contributed by atoms with E-state index < -0.39 is 83.6 Å². The van der Waals surface area contributed by atoms with Gasteiger partial charge in [0.2, 0.25) is 0 Å².